The van der Waals surface area contributed by atoms with Crippen LogP contribution in [0.25, 0.3) is 10.2 Å². The number of aromatic nitrogens is 2. The van der Waals surface area contributed by atoms with Crippen molar-refractivity contribution in [2.24, 2.45) is 5.92 Å². The number of hydrogen-bond acceptors (Lipinski definition) is 6. The zero-order chi connectivity index (χ0) is 19.7. The van der Waals surface area contributed by atoms with Crippen LogP contribution in [0.4, 0.5) is 4.79 Å². The first kappa shape index (κ1) is 19.4. The molecular weight excluding hydrogens is 396 g/mol. The van der Waals surface area contributed by atoms with Crippen LogP contribution in [0, 0.1) is 5.92 Å². The van der Waals surface area contributed by atoms with Gasteiger partial charge in [0.25, 0.3) is 5.56 Å². The standard InChI is InChI=1S/C19H24N4O3S2/c1-10-6-7-12-13(8-10)28-17-15(12)16(25)22-19(23-17)27-9-14(24)21-18(26)20-11-4-2-3-5-11/h10-11H,2-9H2,1H3,(H,22,23,25)(H2,20,21,24,26)/t10-/m1/s1. The number of imide groups is 1. The van der Waals surface area contributed by atoms with E-state index in [2.05, 4.69) is 27.5 Å². The summed E-state index contributed by atoms with van der Waals surface area (Å²) >= 11 is 2.72. The largest absolute Gasteiger partial charge is 0.335 e. The quantitative estimate of drug-likeness (QED) is 0.521. The highest BCUT2D eigenvalue weighted by atomic mass is 32.2. The van der Waals surface area contributed by atoms with Gasteiger partial charge in [0.2, 0.25) is 5.91 Å². The lowest BCUT2D eigenvalue weighted by Gasteiger charge is -2.17. The number of aryl methyl sites for hydroxylation is 1. The van der Waals surface area contributed by atoms with Crippen LogP contribution in [-0.2, 0) is 17.6 Å². The van der Waals surface area contributed by atoms with Crippen molar-refractivity contribution in [1.29, 1.82) is 0 Å². The van der Waals surface area contributed by atoms with E-state index in [-0.39, 0.29) is 17.4 Å². The second-order valence-electron chi connectivity index (χ2n) is 7.69. The topological polar surface area (TPSA) is 104 Å². The second-order valence-corrected chi connectivity index (χ2v) is 9.74. The number of fused-ring (bicyclic) bond motifs is 3. The zero-order valence-corrected chi connectivity index (χ0v) is 17.4. The molecule has 2 heterocycles. The Labute approximate surface area is 171 Å². The van der Waals surface area contributed by atoms with Crippen LogP contribution in [0.1, 0.15) is 49.5 Å². The molecule has 0 saturated heterocycles. The molecule has 2 aliphatic carbocycles. The normalized spacial score (nSPS) is 19.5. The van der Waals surface area contributed by atoms with Crippen molar-refractivity contribution in [2.75, 3.05) is 5.75 Å². The summed E-state index contributed by atoms with van der Waals surface area (Å²) in [5.41, 5.74) is 1.00. The van der Waals surface area contributed by atoms with Gasteiger partial charge in [-0.15, -0.1) is 11.3 Å². The lowest BCUT2D eigenvalue weighted by Crippen LogP contribution is -2.44. The first-order valence-electron chi connectivity index (χ1n) is 9.77. The first-order valence-corrected chi connectivity index (χ1v) is 11.6. The fourth-order valence-corrected chi connectivity index (χ4v) is 6.09. The molecule has 3 N–H and O–H groups in total. The molecule has 0 unspecified atom stereocenters. The Morgan fingerprint density at radius 3 is 2.86 bits per heavy atom. The highest BCUT2D eigenvalue weighted by Gasteiger charge is 2.23. The van der Waals surface area contributed by atoms with Crippen molar-refractivity contribution in [3.63, 3.8) is 0 Å². The maximum atomic E-state index is 12.6. The number of amides is 3. The third-order valence-electron chi connectivity index (χ3n) is 5.43. The summed E-state index contributed by atoms with van der Waals surface area (Å²) in [7, 11) is 0. The lowest BCUT2D eigenvalue weighted by atomic mass is 9.89. The molecular formula is C19H24N4O3S2. The van der Waals surface area contributed by atoms with Crippen LogP contribution in [0.15, 0.2) is 9.95 Å². The van der Waals surface area contributed by atoms with Gasteiger partial charge >= 0.3 is 6.03 Å². The number of thioether (sulfide) groups is 1. The van der Waals surface area contributed by atoms with E-state index in [9.17, 15) is 14.4 Å². The van der Waals surface area contributed by atoms with E-state index in [1.807, 2.05) is 0 Å². The molecule has 9 heteroatoms. The molecule has 0 bridgehead atoms. The van der Waals surface area contributed by atoms with Crippen LogP contribution in [0.5, 0.6) is 0 Å². The number of nitrogens with zero attached hydrogens (tertiary/aromatic N) is 1. The molecule has 2 aromatic rings. The van der Waals surface area contributed by atoms with E-state index in [0.717, 1.165) is 67.1 Å². The molecule has 0 aromatic carbocycles. The number of thiophene rings is 1. The molecule has 0 aliphatic heterocycles. The predicted octanol–water partition coefficient (Wildman–Crippen LogP) is 2.97. The van der Waals surface area contributed by atoms with Crippen molar-refractivity contribution in [2.45, 2.75) is 63.1 Å². The smallest absolute Gasteiger partial charge is 0.321 e. The van der Waals surface area contributed by atoms with Gasteiger partial charge in [0, 0.05) is 10.9 Å². The van der Waals surface area contributed by atoms with Gasteiger partial charge in [0.15, 0.2) is 5.16 Å². The molecule has 2 aliphatic rings. The van der Waals surface area contributed by atoms with Gasteiger partial charge < -0.3 is 10.3 Å². The Bertz CT molecular complexity index is 962. The van der Waals surface area contributed by atoms with Crippen molar-refractivity contribution >= 4 is 45.3 Å². The Balaban J connectivity index is 1.38. The van der Waals surface area contributed by atoms with Gasteiger partial charge in [-0.25, -0.2) is 9.78 Å². The molecule has 2 aromatic heterocycles. The van der Waals surface area contributed by atoms with Crippen molar-refractivity contribution in [1.82, 2.24) is 20.6 Å². The van der Waals surface area contributed by atoms with Crippen LogP contribution < -0.4 is 16.2 Å². The van der Waals surface area contributed by atoms with Crippen molar-refractivity contribution < 1.29 is 9.59 Å². The van der Waals surface area contributed by atoms with Crippen LogP contribution in [-0.4, -0.2) is 33.7 Å². The molecule has 0 spiro atoms. The Morgan fingerprint density at radius 2 is 2.07 bits per heavy atom. The summed E-state index contributed by atoms with van der Waals surface area (Å²) in [5, 5.41) is 6.28. The molecule has 7 nitrogen and oxygen atoms in total. The lowest BCUT2D eigenvalue weighted by molar-refractivity contribution is -0.117. The van der Waals surface area contributed by atoms with Crippen molar-refractivity contribution in [3.8, 4) is 0 Å². The molecule has 3 amide bonds. The van der Waals surface area contributed by atoms with Gasteiger partial charge in [0.05, 0.1) is 11.1 Å². The second kappa shape index (κ2) is 8.24. The number of aromatic amines is 1. The summed E-state index contributed by atoms with van der Waals surface area (Å²) in [5.74, 6) is 0.254. The zero-order valence-electron chi connectivity index (χ0n) is 15.8. The number of rotatable bonds is 4. The van der Waals surface area contributed by atoms with Gasteiger partial charge in [-0.1, -0.05) is 31.5 Å². The van der Waals surface area contributed by atoms with E-state index >= 15 is 0 Å². The van der Waals surface area contributed by atoms with E-state index in [1.54, 1.807) is 11.3 Å². The number of H-pyrrole nitrogens is 1. The molecule has 4 rings (SSSR count). The van der Waals surface area contributed by atoms with Gasteiger partial charge in [-0.05, 0) is 43.6 Å². The SMILES string of the molecule is C[C@@H]1CCc2c(sc3nc(SCC(=O)NC(=O)NC4CCCC4)[nH]c(=O)c23)C1. The summed E-state index contributed by atoms with van der Waals surface area (Å²) in [6.45, 7) is 2.23. The van der Waals surface area contributed by atoms with Crippen LogP contribution >= 0.6 is 23.1 Å². The molecule has 0 radical (unpaired) electrons. The number of hydrogen-bond donors (Lipinski definition) is 3. The highest BCUT2D eigenvalue weighted by Crippen LogP contribution is 2.36. The minimum atomic E-state index is -0.450. The maximum absolute atomic E-state index is 12.6. The third kappa shape index (κ3) is 4.25. The first-order chi connectivity index (χ1) is 13.5. The maximum Gasteiger partial charge on any atom is 0.321 e. The summed E-state index contributed by atoms with van der Waals surface area (Å²) in [4.78, 5) is 45.8. The summed E-state index contributed by atoms with van der Waals surface area (Å²) in [6.07, 6.45) is 7.17. The number of carbonyl (C=O) groups is 2. The fourth-order valence-electron chi connectivity index (χ4n) is 3.99. The highest BCUT2D eigenvalue weighted by molar-refractivity contribution is 7.99. The number of carbonyl (C=O) groups excluding carboxylic acids is 2. The predicted molar refractivity (Wildman–Crippen MR) is 111 cm³/mol. The Morgan fingerprint density at radius 1 is 1.29 bits per heavy atom. The molecule has 150 valence electrons. The number of urea groups is 1. The van der Waals surface area contributed by atoms with E-state index in [0.29, 0.717) is 16.5 Å². The molecule has 1 atom stereocenters. The summed E-state index contributed by atoms with van der Waals surface area (Å²) in [6, 6.07) is -0.289. The van der Waals surface area contributed by atoms with E-state index < -0.39 is 11.9 Å². The third-order valence-corrected chi connectivity index (χ3v) is 7.45. The van der Waals surface area contributed by atoms with Gasteiger partial charge in [-0.3, -0.25) is 14.9 Å². The Hall–Kier alpha value is -1.87. The van der Waals surface area contributed by atoms with Crippen LogP contribution in [0.2, 0.25) is 0 Å². The van der Waals surface area contributed by atoms with Crippen LogP contribution in [0.3, 0.4) is 0 Å². The molecule has 28 heavy (non-hydrogen) atoms. The Kier molecular flexibility index (Phi) is 5.73. The van der Waals surface area contributed by atoms with Crippen molar-refractivity contribution in [3.05, 3.63) is 20.8 Å². The van der Waals surface area contributed by atoms with Gasteiger partial charge in [0.1, 0.15) is 4.83 Å². The fraction of sp³-hybridized carbons (Fsp3) is 0.579. The van der Waals surface area contributed by atoms with E-state index in [4.69, 9.17) is 0 Å². The minimum absolute atomic E-state index is 0.0225. The summed E-state index contributed by atoms with van der Waals surface area (Å²) < 4.78 is 0. The minimum Gasteiger partial charge on any atom is -0.335 e. The van der Waals surface area contributed by atoms with Gasteiger partial charge in [-0.2, -0.15) is 0 Å². The average Bonchev–Trinajstić information content (AvgIpc) is 3.26. The van der Waals surface area contributed by atoms with E-state index in [1.165, 1.54) is 4.88 Å². The monoisotopic (exact) mass is 420 g/mol. The number of nitrogens with one attached hydrogen (secondary N) is 3. The average molecular weight is 421 g/mol. The molecule has 1 saturated carbocycles. The molecule has 1 fully saturated rings.